The lowest BCUT2D eigenvalue weighted by Gasteiger charge is -2.10. The van der Waals surface area contributed by atoms with Gasteiger partial charge in [0, 0.05) is 16.1 Å². The van der Waals surface area contributed by atoms with E-state index in [1.807, 2.05) is 72.8 Å². The third-order valence-corrected chi connectivity index (χ3v) is 5.23. The zero-order valence-electron chi connectivity index (χ0n) is 14.3. The number of nitrogens with zero attached hydrogens (tertiary/aromatic N) is 2. The van der Waals surface area contributed by atoms with Crippen molar-refractivity contribution in [3.63, 3.8) is 0 Å². The zero-order chi connectivity index (χ0) is 18.5. The first-order valence-corrected chi connectivity index (χ1v) is 9.59. The zero-order valence-corrected chi connectivity index (χ0v) is 15.9. The molecule has 0 aliphatic carbocycles. The minimum absolute atomic E-state index is 0.399. The van der Waals surface area contributed by atoms with Gasteiger partial charge in [-0.15, -0.1) is 0 Å². The number of hydrogen-bond donors (Lipinski definition) is 1. The van der Waals surface area contributed by atoms with Crippen LogP contribution in [0.25, 0.3) is 10.2 Å². The average Bonchev–Trinajstić information content (AvgIpc) is 3.11. The first-order valence-electron chi connectivity index (χ1n) is 8.39. The summed E-state index contributed by atoms with van der Waals surface area (Å²) in [4.78, 5) is 4.50. The summed E-state index contributed by atoms with van der Waals surface area (Å²) in [6.07, 6.45) is 1.73. The van der Waals surface area contributed by atoms with Gasteiger partial charge in [0.15, 0.2) is 0 Å². The molecule has 4 aromatic rings. The van der Waals surface area contributed by atoms with Crippen LogP contribution in [0.2, 0.25) is 5.02 Å². The van der Waals surface area contributed by atoms with Crippen molar-refractivity contribution in [2.45, 2.75) is 6.61 Å². The second-order valence-corrected chi connectivity index (χ2v) is 7.21. The Morgan fingerprint density at radius 3 is 2.67 bits per heavy atom. The van der Waals surface area contributed by atoms with E-state index in [4.69, 9.17) is 16.3 Å². The standard InChI is InChI=1S/C21H16ClN3OS/c22-17-9-3-1-8-16(17)14-26-19-11-5-2-7-15(19)13-23-25-21-24-18-10-4-6-12-20(18)27-21/h1-13H,14H2,(H,24,25)/b23-13+. The van der Waals surface area contributed by atoms with Crippen LogP contribution in [0.3, 0.4) is 0 Å². The molecule has 27 heavy (non-hydrogen) atoms. The molecule has 0 unspecified atom stereocenters. The summed E-state index contributed by atoms with van der Waals surface area (Å²) in [6, 6.07) is 23.4. The monoisotopic (exact) mass is 393 g/mol. The van der Waals surface area contributed by atoms with Gasteiger partial charge in [-0.1, -0.05) is 65.4 Å². The summed E-state index contributed by atoms with van der Waals surface area (Å²) in [7, 11) is 0. The van der Waals surface area contributed by atoms with Gasteiger partial charge in [0.25, 0.3) is 0 Å². The number of nitrogens with one attached hydrogen (secondary N) is 1. The minimum Gasteiger partial charge on any atom is -0.488 e. The van der Waals surface area contributed by atoms with Gasteiger partial charge in [-0.05, 0) is 30.3 Å². The quantitative estimate of drug-likeness (QED) is 0.324. The molecule has 4 rings (SSSR count). The molecule has 0 spiro atoms. The molecule has 0 fully saturated rings. The summed E-state index contributed by atoms with van der Waals surface area (Å²) < 4.78 is 7.06. The Hall–Kier alpha value is -2.89. The Kier molecular flexibility index (Phi) is 5.32. The fourth-order valence-corrected chi connectivity index (χ4v) is 3.57. The van der Waals surface area contributed by atoms with Crippen LogP contribution >= 0.6 is 22.9 Å². The van der Waals surface area contributed by atoms with Crippen molar-refractivity contribution in [1.29, 1.82) is 0 Å². The number of para-hydroxylation sites is 2. The van der Waals surface area contributed by atoms with Gasteiger partial charge in [0.05, 0.1) is 16.4 Å². The van der Waals surface area contributed by atoms with Gasteiger partial charge in [-0.25, -0.2) is 4.98 Å². The van der Waals surface area contributed by atoms with Gasteiger partial charge in [-0.3, -0.25) is 5.43 Å². The predicted molar refractivity (Wildman–Crippen MR) is 113 cm³/mol. The molecule has 0 aliphatic rings. The van der Waals surface area contributed by atoms with Crippen molar-refractivity contribution in [3.8, 4) is 5.75 Å². The Labute approximate surface area is 166 Å². The van der Waals surface area contributed by atoms with Gasteiger partial charge >= 0.3 is 0 Å². The normalized spacial score (nSPS) is 11.1. The topological polar surface area (TPSA) is 46.5 Å². The number of anilines is 1. The maximum Gasteiger partial charge on any atom is 0.204 e. The van der Waals surface area contributed by atoms with Crippen molar-refractivity contribution in [1.82, 2.24) is 4.98 Å². The fourth-order valence-electron chi connectivity index (χ4n) is 2.57. The van der Waals surface area contributed by atoms with Crippen molar-refractivity contribution in [2.75, 3.05) is 5.43 Å². The van der Waals surface area contributed by atoms with Crippen molar-refractivity contribution in [3.05, 3.63) is 88.9 Å². The van der Waals surface area contributed by atoms with Gasteiger partial charge in [-0.2, -0.15) is 5.10 Å². The maximum absolute atomic E-state index is 6.19. The number of thiazole rings is 1. The summed E-state index contributed by atoms with van der Waals surface area (Å²) in [5.74, 6) is 0.743. The lowest BCUT2D eigenvalue weighted by atomic mass is 10.2. The maximum atomic E-state index is 6.19. The first-order chi connectivity index (χ1) is 13.3. The van der Waals surface area contributed by atoms with Crippen LogP contribution < -0.4 is 10.2 Å². The molecule has 0 bridgehead atoms. The fraction of sp³-hybridized carbons (Fsp3) is 0.0476. The first kappa shape index (κ1) is 17.5. The number of ether oxygens (including phenoxy) is 1. The molecule has 134 valence electrons. The van der Waals surface area contributed by atoms with E-state index in [0.29, 0.717) is 11.6 Å². The number of hydrogen-bond acceptors (Lipinski definition) is 5. The molecule has 3 aromatic carbocycles. The van der Waals surface area contributed by atoms with Gasteiger partial charge in [0.1, 0.15) is 12.4 Å². The molecule has 0 radical (unpaired) electrons. The molecule has 1 aromatic heterocycles. The molecule has 6 heteroatoms. The Morgan fingerprint density at radius 2 is 1.78 bits per heavy atom. The van der Waals surface area contributed by atoms with Gasteiger partial charge < -0.3 is 4.74 Å². The molecule has 0 saturated heterocycles. The molecular weight excluding hydrogens is 378 g/mol. The highest BCUT2D eigenvalue weighted by atomic mass is 35.5. The molecule has 0 saturated carbocycles. The highest BCUT2D eigenvalue weighted by Gasteiger charge is 2.05. The Balaban J connectivity index is 1.45. The molecular formula is C21H16ClN3OS. The number of halogens is 1. The summed E-state index contributed by atoms with van der Waals surface area (Å²) in [6.45, 7) is 0.399. The largest absolute Gasteiger partial charge is 0.488 e. The van der Waals surface area contributed by atoms with Crippen LogP contribution in [0.4, 0.5) is 5.13 Å². The summed E-state index contributed by atoms with van der Waals surface area (Å²) in [5, 5.41) is 5.75. The van der Waals surface area contributed by atoms with E-state index in [0.717, 1.165) is 32.2 Å². The van der Waals surface area contributed by atoms with E-state index >= 15 is 0 Å². The van der Waals surface area contributed by atoms with Crippen LogP contribution in [-0.4, -0.2) is 11.2 Å². The Morgan fingerprint density at radius 1 is 1.00 bits per heavy atom. The SMILES string of the molecule is Clc1ccccc1COc1ccccc1/C=N/Nc1nc2ccccc2s1. The van der Waals surface area contributed by atoms with Crippen LogP contribution in [0.15, 0.2) is 77.9 Å². The second kappa shape index (κ2) is 8.20. The smallest absolute Gasteiger partial charge is 0.204 e. The lowest BCUT2D eigenvalue weighted by molar-refractivity contribution is 0.306. The average molecular weight is 394 g/mol. The lowest BCUT2D eigenvalue weighted by Crippen LogP contribution is -1.99. The number of benzene rings is 3. The number of fused-ring (bicyclic) bond motifs is 1. The predicted octanol–water partition coefficient (Wildman–Crippen LogP) is 5.97. The molecule has 1 N–H and O–H groups in total. The number of hydrazone groups is 1. The molecule has 0 aliphatic heterocycles. The molecule has 0 amide bonds. The minimum atomic E-state index is 0.399. The summed E-state index contributed by atoms with van der Waals surface area (Å²) >= 11 is 7.76. The number of aromatic nitrogens is 1. The number of rotatable bonds is 6. The molecule has 0 atom stereocenters. The van der Waals surface area contributed by atoms with Gasteiger partial charge in [0.2, 0.25) is 5.13 Å². The van der Waals surface area contributed by atoms with E-state index < -0.39 is 0 Å². The van der Waals surface area contributed by atoms with E-state index in [2.05, 4.69) is 15.5 Å². The van der Waals surface area contributed by atoms with Crippen molar-refractivity contribution < 1.29 is 4.74 Å². The van der Waals surface area contributed by atoms with Crippen LogP contribution in [0.1, 0.15) is 11.1 Å². The summed E-state index contributed by atoms with van der Waals surface area (Å²) in [5.41, 5.74) is 5.77. The third-order valence-electron chi connectivity index (χ3n) is 3.92. The Bertz CT molecular complexity index is 1060. The van der Waals surface area contributed by atoms with E-state index in [9.17, 15) is 0 Å². The highest BCUT2D eigenvalue weighted by Crippen LogP contribution is 2.25. The van der Waals surface area contributed by atoms with Crippen LogP contribution in [-0.2, 0) is 6.61 Å². The van der Waals surface area contributed by atoms with E-state index in [-0.39, 0.29) is 0 Å². The third kappa shape index (κ3) is 4.27. The van der Waals surface area contributed by atoms with E-state index in [1.165, 1.54) is 0 Å². The second-order valence-electron chi connectivity index (χ2n) is 5.77. The highest BCUT2D eigenvalue weighted by molar-refractivity contribution is 7.22. The molecule has 1 heterocycles. The van der Waals surface area contributed by atoms with Crippen molar-refractivity contribution >= 4 is 44.5 Å². The van der Waals surface area contributed by atoms with E-state index in [1.54, 1.807) is 17.6 Å². The van der Waals surface area contributed by atoms with Crippen LogP contribution in [0, 0.1) is 0 Å². The van der Waals surface area contributed by atoms with Crippen LogP contribution in [0.5, 0.6) is 5.75 Å². The molecule has 4 nitrogen and oxygen atoms in total. The van der Waals surface area contributed by atoms with Crippen molar-refractivity contribution in [2.24, 2.45) is 5.10 Å².